The van der Waals surface area contributed by atoms with E-state index in [9.17, 15) is 9.59 Å². The first kappa shape index (κ1) is 19.4. The number of piperidine rings is 2. The highest BCUT2D eigenvalue weighted by Crippen LogP contribution is 2.33. The molecule has 0 spiro atoms. The van der Waals surface area contributed by atoms with Crippen LogP contribution in [0.25, 0.3) is 0 Å². The van der Waals surface area contributed by atoms with Gasteiger partial charge in [0.1, 0.15) is 5.69 Å². The van der Waals surface area contributed by atoms with Gasteiger partial charge in [-0.05, 0) is 71.1 Å². The third kappa shape index (κ3) is 4.24. The second kappa shape index (κ2) is 8.64. The average Bonchev–Trinajstić information content (AvgIpc) is 3.40. The summed E-state index contributed by atoms with van der Waals surface area (Å²) >= 11 is 0. The third-order valence-electron chi connectivity index (χ3n) is 6.73. The molecular weight excluding hydrogens is 354 g/mol. The number of aromatic nitrogens is 2. The summed E-state index contributed by atoms with van der Waals surface area (Å²) in [5, 5.41) is 10.4. The van der Waals surface area contributed by atoms with E-state index in [-0.39, 0.29) is 29.8 Å². The molecule has 0 bridgehead atoms. The van der Waals surface area contributed by atoms with Gasteiger partial charge in [-0.1, -0.05) is 12.8 Å². The summed E-state index contributed by atoms with van der Waals surface area (Å²) in [6.07, 6.45) is 9.47. The molecule has 3 heterocycles. The van der Waals surface area contributed by atoms with E-state index in [0.29, 0.717) is 5.69 Å². The van der Waals surface area contributed by atoms with Crippen LogP contribution in [0.4, 0.5) is 0 Å². The van der Waals surface area contributed by atoms with Crippen LogP contribution >= 0.6 is 0 Å². The summed E-state index contributed by atoms with van der Waals surface area (Å²) in [7, 11) is 2.12. The van der Waals surface area contributed by atoms with Crippen LogP contribution in [-0.2, 0) is 4.79 Å². The monoisotopic (exact) mass is 387 g/mol. The normalized spacial score (nSPS) is 25.2. The minimum absolute atomic E-state index is 0.0152. The average molecular weight is 388 g/mol. The number of carbonyl (C=O) groups excluding carboxylic acids is 2. The molecule has 2 aliphatic heterocycles. The molecule has 0 unspecified atom stereocenters. The summed E-state index contributed by atoms with van der Waals surface area (Å²) in [6.45, 7) is 2.79. The van der Waals surface area contributed by atoms with Crippen LogP contribution in [0.1, 0.15) is 80.0 Å². The summed E-state index contributed by atoms with van der Waals surface area (Å²) in [4.78, 5) is 30.1. The van der Waals surface area contributed by atoms with Crippen molar-refractivity contribution < 1.29 is 9.59 Å². The zero-order chi connectivity index (χ0) is 19.5. The van der Waals surface area contributed by atoms with Crippen LogP contribution in [0, 0.1) is 5.92 Å². The van der Waals surface area contributed by atoms with Crippen molar-refractivity contribution in [3.63, 3.8) is 0 Å². The number of nitrogens with zero attached hydrogens (tertiary/aromatic N) is 3. The predicted octanol–water partition coefficient (Wildman–Crippen LogP) is 2.48. The van der Waals surface area contributed by atoms with E-state index < -0.39 is 0 Å². The molecule has 3 fully saturated rings. The van der Waals surface area contributed by atoms with E-state index in [1.165, 1.54) is 12.8 Å². The van der Waals surface area contributed by atoms with Crippen molar-refractivity contribution in [2.24, 2.45) is 5.92 Å². The van der Waals surface area contributed by atoms with Crippen LogP contribution < -0.4 is 5.32 Å². The molecule has 2 N–H and O–H groups in total. The SMILES string of the molecule is CN1CCC(C(=O)N2CCCC[C@@H]2c2cc(C(=O)NC3CCCC3)n[nH]2)CC1. The zero-order valence-electron chi connectivity index (χ0n) is 17.0. The van der Waals surface area contributed by atoms with Gasteiger partial charge in [-0.2, -0.15) is 5.10 Å². The van der Waals surface area contributed by atoms with Gasteiger partial charge >= 0.3 is 0 Å². The van der Waals surface area contributed by atoms with Gasteiger partial charge in [-0.3, -0.25) is 14.7 Å². The second-order valence-corrected chi connectivity index (χ2v) is 8.78. The molecule has 1 aromatic rings. The van der Waals surface area contributed by atoms with E-state index in [1.54, 1.807) is 0 Å². The Bertz CT molecular complexity index is 689. The van der Waals surface area contributed by atoms with E-state index in [2.05, 4.69) is 27.5 Å². The zero-order valence-corrected chi connectivity index (χ0v) is 17.0. The number of nitrogens with one attached hydrogen (secondary N) is 2. The first-order chi connectivity index (χ1) is 13.6. The van der Waals surface area contributed by atoms with E-state index in [1.807, 2.05) is 11.0 Å². The Morgan fingerprint density at radius 1 is 1.04 bits per heavy atom. The molecule has 154 valence electrons. The quantitative estimate of drug-likeness (QED) is 0.832. The van der Waals surface area contributed by atoms with E-state index >= 15 is 0 Å². The third-order valence-corrected chi connectivity index (χ3v) is 6.73. The van der Waals surface area contributed by atoms with Gasteiger partial charge in [0.15, 0.2) is 0 Å². The summed E-state index contributed by atoms with van der Waals surface area (Å²) in [6, 6.07) is 2.15. The highest BCUT2D eigenvalue weighted by Gasteiger charge is 2.34. The maximum Gasteiger partial charge on any atom is 0.271 e. The van der Waals surface area contributed by atoms with Crippen LogP contribution in [0.3, 0.4) is 0 Å². The van der Waals surface area contributed by atoms with Gasteiger partial charge in [-0.15, -0.1) is 0 Å². The smallest absolute Gasteiger partial charge is 0.271 e. The van der Waals surface area contributed by atoms with Crippen molar-refractivity contribution in [2.75, 3.05) is 26.7 Å². The Hall–Kier alpha value is -1.89. The maximum absolute atomic E-state index is 13.2. The van der Waals surface area contributed by atoms with Gasteiger partial charge in [-0.25, -0.2) is 0 Å². The van der Waals surface area contributed by atoms with Crippen LogP contribution in [0.2, 0.25) is 0 Å². The molecule has 2 amide bonds. The van der Waals surface area contributed by atoms with Crippen molar-refractivity contribution in [2.45, 2.75) is 69.9 Å². The fourth-order valence-electron chi connectivity index (χ4n) is 4.96. The summed E-state index contributed by atoms with van der Waals surface area (Å²) < 4.78 is 0. The predicted molar refractivity (Wildman–Crippen MR) is 107 cm³/mol. The van der Waals surface area contributed by atoms with Crippen molar-refractivity contribution in [3.8, 4) is 0 Å². The number of aromatic amines is 1. The van der Waals surface area contributed by atoms with Crippen molar-refractivity contribution in [1.82, 2.24) is 25.3 Å². The molecule has 1 aliphatic carbocycles. The van der Waals surface area contributed by atoms with Crippen LogP contribution in [0.15, 0.2) is 6.07 Å². The molecule has 28 heavy (non-hydrogen) atoms. The Morgan fingerprint density at radius 3 is 2.50 bits per heavy atom. The highest BCUT2D eigenvalue weighted by molar-refractivity contribution is 5.92. The van der Waals surface area contributed by atoms with E-state index in [4.69, 9.17) is 0 Å². The molecule has 7 heteroatoms. The molecule has 1 saturated carbocycles. The fourth-order valence-corrected chi connectivity index (χ4v) is 4.96. The highest BCUT2D eigenvalue weighted by atomic mass is 16.2. The summed E-state index contributed by atoms with van der Waals surface area (Å²) in [5.74, 6) is 0.313. The second-order valence-electron chi connectivity index (χ2n) is 8.78. The number of hydrogen-bond acceptors (Lipinski definition) is 4. The number of carbonyl (C=O) groups is 2. The van der Waals surface area contributed by atoms with Crippen LogP contribution in [-0.4, -0.2) is 64.5 Å². The fraction of sp³-hybridized carbons (Fsp3) is 0.762. The Labute approximate surface area is 167 Å². The van der Waals surface area contributed by atoms with Gasteiger partial charge in [0, 0.05) is 18.5 Å². The molecule has 7 nitrogen and oxygen atoms in total. The largest absolute Gasteiger partial charge is 0.348 e. The first-order valence-electron chi connectivity index (χ1n) is 11.0. The number of rotatable bonds is 4. The maximum atomic E-state index is 13.2. The Kier molecular flexibility index (Phi) is 5.99. The number of hydrogen-bond donors (Lipinski definition) is 2. The van der Waals surface area contributed by atoms with Crippen LogP contribution in [0.5, 0.6) is 0 Å². The summed E-state index contributed by atoms with van der Waals surface area (Å²) in [5.41, 5.74) is 1.34. The molecule has 1 aromatic heterocycles. The molecule has 0 radical (unpaired) electrons. The van der Waals surface area contributed by atoms with Gasteiger partial charge < -0.3 is 15.1 Å². The van der Waals surface area contributed by atoms with Gasteiger partial charge in [0.05, 0.1) is 11.7 Å². The minimum Gasteiger partial charge on any atom is -0.348 e. The standard InChI is InChI=1S/C21H33N5O2/c1-25-12-9-15(10-13-25)21(28)26-11-5-4-8-19(26)17-14-18(24-23-17)20(27)22-16-6-2-3-7-16/h14-16,19H,2-13H2,1H3,(H,22,27)(H,23,24)/t19-/m1/s1. The molecular formula is C21H33N5O2. The molecule has 0 aromatic carbocycles. The van der Waals surface area contributed by atoms with E-state index in [0.717, 1.165) is 70.3 Å². The lowest BCUT2D eigenvalue weighted by Gasteiger charge is -2.39. The Morgan fingerprint density at radius 2 is 1.75 bits per heavy atom. The lowest BCUT2D eigenvalue weighted by molar-refractivity contribution is -0.141. The van der Waals surface area contributed by atoms with Crippen molar-refractivity contribution in [1.29, 1.82) is 0 Å². The Balaban J connectivity index is 1.43. The van der Waals surface area contributed by atoms with Gasteiger partial charge in [0.2, 0.25) is 5.91 Å². The number of amides is 2. The number of likely N-dealkylation sites (tertiary alicyclic amines) is 2. The molecule has 3 aliphatic rings. The lowest BCUT2D eigenvalue weighted by Crippen LogP contribution is -2.45. The molecule has 2 saturated heterocycles. The molecule has 4 rings (SSSR count). The number of H-pyrrole nitrogens is 1. The molecule has 1 atom stereocenters. The van der Waals surface area contributed by atoms with Crippen molar-refractivity contribution >= 4 is 11.8 Å². The lowest BCUT2D eigenvalue weighted by atomic mass is 9.92. The first-order valence-corrected chi connectivity index (χ1v) is 11.0. The van der Waals surface area contributed by atoms with Gasteiger partial charge in [0.25, 0.3) is 5.91 Å². The topological polar surface area (TPSA) is 81.3 Å². The van der Waals surface area contributed by atoms with Crippen molar-refractivity contribution in [3.05, 3.63) is 17.5 Å². The minimum atomic E-state index is -0.0987.